The van der Waals surface area contributed by atoms with Gasteiger partial charge in [0, 0.05) is 45.5 Å². The quantitative estimate of drug-likeness (QED) is 0.839. The normalized spacial score (nSPS) is 20.0. The minimum atomic E-state index is 0.299. The molecule has 2 fully saturated rings. The molecule has 0 spiro atoms. The molecule has 0 amide bonds. The summed E-state index contributed by atoms with van der Waals surface area (Å²) in [6.45, 7) is 5.27. The molecule has 1 N–H and O–H groups in total. The standard InChI is InChI=1S/C20H27N5O2/c1-26-18-7-3-2-6-17(18)24-10-12-25(13-11-24)20-21-9-8-19(23-20)22-15-16-5-4-14-27-16/h2-3,6-9,16H,4-5,10-15H2,1H3,(H,21,22,23). The van der Waals surface area contributed by atoms with Crippen molar-refractivity contribution in [2.24, 2.45) is 0 Å². The first kappa shape index (κ1) is 17.9. The smallest absolute Gasteiger partial charge is 0.227 e. The fourth-order valence-electron chi connectivity index (χ4n) is 3.66. The molecule has 3 heterocycles. The number of hydrogen-bond donors (Lipinski definition) is 1. The van der Waals surface area contributed by atoms with Gasteiger partial charge in [-0.1, -0.05) is 12.1 Å². The van der Waals surface area contributed by atoms with Gasteiger partial charge in [0.1, 0.15) is 11.6 Å². The molecule has 2 saturated heterocycles. The van der Waals surface area contributed by atoms with Crippen molar-refractivity contribution in [3.63, 3.8) is 0 Å². The second kappa shape index (κ2) is 8.43. The van der Waals surface area contributed by atoms with E-state index in [2.05, 4.69) is 32.2 Å². The van der Waals surface area contributed by atoms with E-state index in [-0.39, 0.29) is 0 Å². The molecular weight excluding hydrogens is 342 g/mol. The summed E-state index contributed by atoms with van der Waals surface area (Å²) in [4.78, 5) is 13.8. The van der Waals surface area contributed by atoms with Crippen LogP contribution in [0.3, 0.4) is 0 Å². The molecule has 2 aromatic rings. The van der Waals surface area contributed by atoms with Gasteiger partial charge in [0.25, 0.3) is 0 Å². The maximum Gasteiger partial charge on any atom is 0.227 e. The molecule has 7 heteroatoms. The highest BCUT2D eigenvalue weighted by atomic mass is 16.5. The molecule has 2 aliphatic heterocycles. The summed E-state index contributed by atoms with van der Waals surface area (Å²) in [7, 11) is 1.72. The Morgan fingerprint density at radius 2 is 1.96 bits per heavy atom. The monoisotopic (exact) mass is 369 g/mol. The van der Waals surface area contributed by atoms with E-state index < -0.39 is 0 Å². The van der Waals surface area contributed by atoms with Crippen LogP contribution < -0.4 is 19.9 Å². The van der Waals surface area contributed by atoms with Crippen molar-refractivity contribution in [2.45, 2.75) is 18.9 Å². The van der Waals surface area contributed by atoms with Crippen molar-refractivity contribution in [3.8, 4) is 5.75 Å². The zero-order chi connectivity index (χ0) is 18.5. The van der Waals surface area contributed by atoms with Crippen LogP contribution >= 0.6 is 0 Å². The molecule has 0 bridgehead atoms. The molecule has 0 saturated carbocycles. The van der Waals surface area contributed by atoms with E-state index >= 15 is 0 Å². The van der Waals surface area contributed by atoms with Crippen LogP contribution in [0, 0.1) is 0 Å². The Morgan fingerprint density at radius 3 is 2.74 bits per heavy atom. The summed E-state index contributed by atoms with van der Waals surface area (Å²) in [5, 5.41) is 3.39. The Bertz CT molecular complexity index is 743. The van der Waals surface area contributed by atoms with Gasteiger partial charge in [-0.2, -0.15) is 4.98 Å². The highest BCUT2D eigenvalue weighted by Gasteiger charge is 2.21. The molecule has 4 rings (SSSR count). The lowest BCUT2D eigenvalue weighted by Crippen LogP contribution is -2.47. The lowest BCUT2D eigenvalue weighted by Gasteiger charge is -2.36. The summed E-state index contributed by atoms with van der Waals surface area (Å²) in [6, 6.07) is 10.1. The lowest BCUT2D eigenvalue weighted by atomic mass is 10.2. The van der Waals surface area contributed by atoms with Crippen LogP contribution in [0.25, 0.3) is 0 Å². The van der Waals surface area contributed by atoms with E-state index in [9.17, 15) is 0 Å². The molecule has 1 aromatic carbocycles. The van der Waals surface area contributed by atoms with Crippen LogP contribution in [0.4, 0.5) is 17.5 Å². The molecule has 1 aromatic heterocycles. The molecule has 1 unspecified atom stereocenters. The number of methoxy groups -OCH3 is 1. The SMILES string of the molecule is COc1ccccc1N1CCN(c2nccc(NCC3CCCO3)n2)CC1. The number of nitrogens with one attached hydrogen (secondary N) is 1. The van der Waals surface area contributed by atoms with Gasteiger partial charge in [0.2, 0.25) is 5.95 Å². The van der Waals surface area contributed by atoms with Gasteiger partial charge < -0.3 is 24.6 Å². The van der Waals surface area contributed by atoms with E-state index in [1.807, 2.05) is 24.4 Å². The van der Waals surface area contributed by atoms with E-state index in [0.717, 1.165) is 75.4 Å². The van der Waals surface area contributed by atoms with Crippen molar-refractivity contribution in [1.82, 2.24) is 9.97 Å². The zero-order valence-electron chi connectivity index (χ0n) is 15.8. The third kappa shape index (κ3) is 4.24. The molecular formula is C20H27N5O2. The van der Waals surface area contributed by atoms with Gasteiger partial charge >= 0.3 is 0 Å². The number of benzene rings is 1. The number of rotatable bonds is 6. The Hall–Kier alpha value is -2.54. The second-order valence-corrected chi connectivity index (χ2v) is 6.90. The third-order valence-electron chi connectivity index (χ3n) is 5.17. The largest absolute Gasteiger partial charge is 0.495 e. The fourth-order valence-corrected chi connectivity index (χ4v) is 3.66. The number of aromatic nitrogens is 2. The topological polar surface area (TPSA) is 62.8 Å². The van der Waals surface area contributed by atoms with Gasteiger partial charge in [0.15, 0.2) is 0 Å². The van der Waals surface area contributed by atoms with Crippen molar-refractivity contribution in [3.05, 3.63) is 36.5 Å². The predicted octanol–water partition coefficient (Wildman–Crippen LogP) is 2.40. The van der Waals surface area contributed by atoms with E-state index in [4.69, 9.17) is 14.5 Å². The summed E-state index contributed by atoms with van der Waals surface area (Å²) in [5.41, 5.74) is 1.15. The maximum absolute atomic E-state index is 5.66. The number of anilines is 3. The van der Waals surface area contributed by atoms with Gasteiger partial charge in [-0.25, -0.2) is 4.98 Å². The van der Waals surface area contributed by atoms with Crippen molar-refractivity contribution < 1.29 is 9.47 Å². The first-order valence-electron chi connectivity index (χ1n) is 9.65. The van der Waals surface area contributed by atoms with Crippen LogP contribution in [0.5, 0.6) is 5.75 Å². The van der Waals surface area contributed by atoms with Gasteiger partial charge in [-0.05, 0) is 31.0 Å². The van der Waals surface area contributed by atoms with Gasteiger partial charge in [-0.15, -0.1) is 0 Å². The highest BCUT2D eigenvalue weighted by molar-refractivity contribution is 5.59. The van der Waals surface area contributed by atoms with Crippen LogP contribution in [0.15, 0.2) is 36.5 Å². The first-order chi connectivity index (χ1) is 13.3. The first-order valence-corrected chi connectivity index (χ1v) is 9.65. The van der Waals surface area contributed by atoms with Gasteiger partial charge in [-0.3, -0.25) is 0 Å². The van der Waals surface area contributed by atoms with Crippen LogP contribution in [-0.4, -0.2) is 62.5 Å². The summed E-state index contributed by atoms with van der Waals surface area (Å²) in [6.07, 6.45) is 4.40. The maximum atomic E-state index is 5.66. The van der Waals surface area contributed by atoms with Gasteiger partial charge in [0.05, 0.1) is 18.9 Å². The zero-order valence-corrected chi connectivity index (χ0v) is 15.8. The number of ether oxygens (including phenoxy) is 2. The van der Waals surface area contributed by atoms with Crippen LogP contribution in [-0.2, 0) is 4.74 Å². The minimum Gasteiger partial charge on any atom is -0.495 e. The molecule has 2 aliphatic rings. The fraction of sp³-hybridized carbons (Fsp3) is 0.500. The average Bonchev–Trinajstić information content (AvgIpc) is 3.26. The van der Waals surface area contributed by atoms with Crippen molar-refractivity contribution in [1.29, 1.82) is 0 Å². The van der Waals surface area contributed by atoms with E-state index in [1.165, 1.54) is 0 Å². The third-order valence-corrected chi connectivity index (χ3v) is 5.17. The Morgan fingerprint density at radius 1 is 1.15 bits per heavy atom. The highest BCUT2D eigenvalue weighted by Crippen LogP contribution is 2.28. The minimum absolute atomic E-state index is 0.299. The number of nitrogens with zero attached hydrogens (tertiary/aromatic N) is 4. The average molecular weight is 369 g/mol. The molecule has 7 nitrogen and oxygen atoms in total. The Balaban J connectivity index is 1.35. The number of hydrogen-bond acceptors (Lipinski definition) is 7. The molecule has 1 atom stereocenters. The Kier molecular flexibility index (Phi) is 5.58. The van der Waals surface area contributed by atoms with Crippen LogP contribution in [0.1, 0.15) is 12.8 Å². The molecule has 144 valence electrons. The van der Waals surface area contributed by atoms with Crippen LogP contribution in [0.2, 0.25) is 0 Å². The van der Waals surface area contributed by atoms with E-state index in [0.29, 0.717) is 6.10 Å². The van der Waals surface area contributed by atoms with Crippen molar-refractivity contribution in [2.75, 3.05) is 61.6 Å². The van der Waals surface area contributed by atoms with Crippen molar-refractivity contribution >= 4 is 17.5 Å². The number of para-hydroxylation sites is 2. The molecule has 0 radical (unpaired) electrons. The number of piperazine rings is 1. The predicted molar refractivity (Wildman–Crippen MR) is 107 cm³/mol. The molecule has 27 heavy (non-hydrogen) atoms. The van der Waals surface area contributed by atoms with E-state index in [1.54, 1.807) is 7.11 Å². The Labute approximate surface area is 160 Å². The summed E-state index contributed by atoms with van der Waals surface area (Å²) >= 11 is 0. The lowest BCUT2D eigenvalue weighted by molar-refractivity contribution is 0.120. The summed E-state index contributed by atoms with van der Waals surface area (Å²) < 4.78 is 11.2. The molecule has 0 aliphatic carbocycles. The second-order valence-electron chi connectivity index (χ2n) is 6.90. The summed E-state index contributed by atoms with van der Waals surface area (Å²) in [5.74, 6) is 2.57.